The highest BCUT2D eigenvalue weighted by Gasteiger charge is 2.17. The van der Waals surface area contributed by atoms with Crippen molar-refractivity contribution in [3.05, 3.63) is 44.3 Å². The molecular weight excluding hydrogens is 368 g/mol. The predicted molar refractivity (Wildman–Crippen MR) is 89.3 cm³/mol. The first-order chi connectivity index (χ1) is 10.6. The standard InChI is InChI=1S/C15H17BrN2O3S/c1-3-21-14(19)13-12(18-15(16)22-13)9-17-8-10-4-6-11(20-2)7-5-10/h4-7,17H,3,8-9H2,1-2H3. The number of thiazole rings is 1. The number of benzene rings is 1. The molecule has 1 aromatic heterocycles. The number of carbonyl (C=O) groups excluding carboxylic acids is 1. The summed E-state index contributed by atoms with van der Waals surface area (Å²) >= 11 is 4.60. The molecule has 0 unspecified atom stereocenters. The van der Waals surface area contributed by atoms with E-state index in [1.165, 1.54) is 11.3 Å². The zero-order chi connectivity index (χ0) is 15.9. The van der Waals surface area contributed by atoms with E-state index in [9.17, 15) is 4.79 Å². The summed E-state index contributed by atoms with van der Waals surface area (Å²) in [4.78, 5) is 16.7. The molecule has 7 heteroatoms. The lowest BCUT2D eigenvalue weighted by Gasteiger charge is -2.06. The second-order valence-corrected chi connectivity index (χ2v) is 6.69. The van der Waals surface area contributed by atoms with Gasteiger partial charge in [0.05, 0.1) is 19.4 Å². The van der Waals surface area contributed by atoms with Crippen molar-refractivity contribution in [3.8, 4) is 5.75 Å². The molecule has 1 aromatic carbocycles. The molecular formula is C15H17BrN2O3S. The lowest BCUT2D eigenvalue weighted by atomic mass is 10.2. The maximum absolute atomic E-state index is 11.9. The van der Waals surface area contributed by atoms with Gasteiger partial charge in [-0.15, -0.1) is 0 Å². The number of nitrogens with zero attached hydrogens (tertiary/aromatic N) is 1. The maximum atomic E-state index is 11.9. The Bertz CT molecular complexity index is 628. The van der Waals surface area contributed by atoms with Gasteiger partial charge in [0.1, 0.15) is 10.6 Å². The molecule has 118 valence electrons. The molecule has 0 aliphatic carbocycles. The molecule has 0 aliphatic rings. The van der Waals surface area contributed by atoms with Crippen molar-refractivity contribution in [1.29, 1.82) is 0 Å². The van der Waals surface area contributed by atoms with Gasteiger partial charge in [0.25, 0.3) is 0 Å². The Labute approximate surface area is 141 Å². The molecule has 0 saturated carbocycles. The smallest absolute Gasteiger partial charge is 0.350 e. The van der Waals surface area contributed by atoms with Gasteiger partial charge in [-0.05, 0) is 40.5 Å². The van der Waals surface area contributed by atoms with Crippen molar-refractivity contribution >= 4 is 33.2 Å². The average molecular weight is 385 g/mol. The van der Waals surface area contributed by atoms with Crippen molar-refractivity contribution < 1.29 is 14.3 Å². The Kier molecular flexibility index (Phi) is 6.35. The molecule has 1 heterocycles. The van der Waals surface area contributed by atoms with E-state index in [0.29, 0.717) is 34.2 Å². The van der Waals surface area contributed by atoms with Crippen LogP contribution in [0.2, 0.25) is 0 Å². The monoisotopic (exact) mass is 384 g/mol. The van der Waals surface area contributed by atoms with Crippen LogP contribution in [0.1, 0.15) is 27.9 Å². The highest BCUT2D eigenvalue weighted by atomic mass is 79.9. The van der Waals surface area contributed by atoms with Gasteiger partial charge < -0.3 is 14.8 Å². The molecule has 5 nitrogen and oxygen atoms in total. The van der Waals surface area contributed by atoms with E-state index >= 15 is 0 Å². The Balaban J connectivity index is 1.94. The van der Waals surface area contributed by atoms with Gasteiger partial charge in [-0.2, -0.15) is 0 Å². The maximum Gasteiger partial charge on any atom is 0.350 e. The van der Waals surface area contributed by atoms with E-state index in [1.54, 1.807) is 14.0 Å². The van der Waals surface area contributed by atoms with Gasteiger partial charge in [-0.25, -0.2) is 9.78 Å². The number of methoxy groups -OCH3 is 1. The van der Waals surface area contributed by atoms with Gasteiger partial charge in [-0.1, -0.05) is 23.5 Å². The fourth-order valence-electron chi connectivity index (χ4n) is 1.87. The van der Waals surface area contributed by atoms with Gasteiger partial charge in [0, 0.05) is 13.1 Å². The molecule has 2 rings (SSSR count). The number of aromatic nitrogens is 1. The molecule has 0 fully saturated rings. The zero-order valence-corrected chi connectivity index (χ0v) is 14.8. The van der Waals surface area contributed by atoms with Crippen molar-refractivity contribution in [2.45, 2.75) is 20.0 Å². The summed E-state index contributed by atoms with van der Waals surface area (Å²) in [6, 6.07) is 7.82. The first kappa shape index (κ1) is 16.9. The number of esters is 1. The Morgan fingerprint density at radius 3 is 2.68 bits per heavy atom. The van der Waals surface area contributed by atoms with E-state index in [-0.39, 0.29) is 5.97 Å². The molecule has 1 N–H and O–H groups in total. The first-order valence-corrected chi connectivity index (χ1v) is 8.41. The molecule has 0 aliphatic heterocycles. The summed E-state index contributed by atoms with van der Waals surface area (Å²) < 4.78 is 10.8. The zero-order valence-electron chi connectivity index (χ0n) is 12.4. The highest BCUT2D eigenvalue weighted by molar-refractivity contribution is 9.11. The van der Waals surface area contributed by atoms with Crippen LogP contribution in [0, 0.1) is 0 Å². The lowest BCUT2D eigenvalue weighted by Crippen LogP contribution is -2.15. The molecule has 0 saturated heterocycles. The van der Waals surface area contributed by atoms with Crippen LogP contribution in [0.15, 0.2) is 28.2 Å². The van der Waals surface area contributed by atoms with Crippen LogP contribution in [-0.4, -0.2) is 24.7 Å². The highest BCUT2D eigenvalue weighted by Crippen LogP contribution is 2.24. The summed E-state index contributed by atoms with van der Waals surface area (Å²) in [5.41, 5.74) is 1.83. The summed E-state index contributed by atoms with van der Waals surface area (Å²) in [5, 5.41) is 3.28. The third-order valence-corrected chi connectivity index (χ3v) is 4.44. The van der Waals surface area contributed by atoms with Crippen molar-refractivity contribution in [2.75, 3.05) is 13.7 Å². The average Bonchev–Trinajstić information content (AvgIpc) is 2.89. The summed E-state index contributed by atoms with van der Waals surface area (Å²) in [7, 11) is 1.64. The van der Waals surface area contributed by atoms with E-state index < -0.39 is 0 Å². The van der Waals surface area contributed by atoms with Crippen molar-refractivity contribution in [2.24, 2.45) is 0 Å². The lowest BCUT2D eigenvalue weighted by molar-refractivity contribution is 0.0530. The number of carbonyl (C=O) groups is 1. The van der Waals surface area contributed by atoms with Gasteiger partial charge >= 0.3 is 5.97 Å². The van der Waals surface area contributed by atoms with Crippen LogP contribution in [-0.2, 0) is 17.8 Å². The van der Waals surface area contributed by atoms with Crippen LogP contribution in [0.4, 0.5) is 0 Å². The van der Waals surface area contributed by atoms with E-state index in [4.69, 9.17) is 9.47 Å². The van der Waals surface area contributed by atoms with Crippen LogP contribution in [0.5, 0.6) is 5.75 Å². The minimum atomic E-state index is -0.327. The minimum absolute atomic E-state index is 0.327. The number of hydrogen-bond donors (Lipinski definition) is 1. The summed E-state index contributed by atoms with van der Waals surface area (Å²) in [6.45, 7) is 3.33. The predicted octanol–water partition coefficient (Wildman–Crippen LogP) is 3.38. The second-order valence-electron chi connectivity index (χ2n) is 4.41. The van der Waals surface area contributed by atoms with Crippen molar-refractivity contribution in [1.82, 2.24) is 10.3 Å². The number of nitrogens with one attached hydrogen (secondary N) is 1. The molecule has 0 amide bonds. The minimum Gasteiger partial charge on any atom is -0.497 e. The Morgan fingerprint density at radius 1 is 1.32 bits per heavy atom. The number of ether oxygens (including phenoxy) is 2. The fraction of sp³-hybridized carbons (Fsp3) is 0.333. The van der Waals surface area contributed by atoms with Crippen LogP contribution in [0.3, 0.4) is 0 Å². The molecule has 0 spiro atoms. The summed E-state index contributed by atoms with van der Waals surface area (Å²) in [6.07, 6.45) is 0. The second kappa shape index (κ2) is 8.26. The Hall–Kier alpha value is -1.44. The first-order valence-electron chi connectivity index (χ1n) is 6.80. The molecule has 2 aromatic rings. The topological polar surface area (TPSA) is 60.5 Å². The van der Waals surface area contributed by atoms with Crippen LogP contribution >= 0.6 is 27.3 Å². The van der Waals surface area contributed by atoms with E-state index in [2.05, 4.69) is 26.2 Å². The largest absolute Gasteiger partial charge is 0.497 e. The molecule has 22 heavy (non-hydrogen) atoms. The normalized spacial score (nSPS) is 10.5. The van der Waals surface area contributed by atoms with Crippen molar-refractivity contribution in [3.63, 3.8) is 0 Å². The fourth-order valence-corrected chi connectivity index (χ4v) is 3.27. The van der Waals surface area contributed by atoms with Crippen LogP contribution in [0.25, 0.3) is 0 Å². The van der Waals surface area contributed by atoms with E-state index in [0.717, 1.165) is 11.3 Å². The summed E-state index contributed by atoms with van der Waals surface area (Å²) in [5.74, 6) is 0.503. The number of halogens is 1. The molecule has 0 atom stereocenters. The SMILES string of the molecule is CCOC(=O)c1sc(Br)nc1CNCc1ccc(OC)cc1. The third kappa shape index (κ3) is 4.53. The van der Waals surface area contributed by atoms with Gasteiger partial charge in [0.15, 0.2) is 3.92 Å². The van der Waals surface area contributed by atoms with Gasteiger partial charge in [-0.3, -0.25) is 0 Å². The quantitative estimate of drug-likeness (QED) is 0.741. The Morgan fingerprint density at radius 2 is 2.05 bits per heavy atom. The number of hydrogen-bond acceptors (Lipinski definition) is 6. The van der Waals surface area contributed by atoms with E-state index in [1.807, 2.05) is 24.3 Å². The molecule has 0 radical (unpaired) electrons. The third-order valence-electron chi connectivity index (χ3n) is 2.91. The van der Waals surface area contributed by atoms with Crippen LogP contribution < -0.4 is 10.1 Å². The van der Waals surface area contributed by atoms with Gasteiger partial charge in [0.2, 0.25) is 0 Å². The number of rotatable bonds is 7. The molecule has 0 bridgehead atoms.